The summed E-state index contributed by atoms with van der Waals surface area (Å²) in [6.07, 6.45) is 5.84. The normalized spacial score (nSPS) is 23.4. The number of esters is 1. The molecule has 3 atom stereocenters. The summed E-state index contributed by atoms with van der Waals surface area (Å²) in [6, 6.07) is 6.69. The van der Waals surface area contributed by atoms with Gasteiger partial charge in [0, 0.05) is 24.1 Å². The lowest BCUT2D eigenvalue weighted by atomic mass is 9.86. The highest BCUT2D eigenvalue weighted by Gasteiger charge is 2.40. The number of hydrogen-bond donors (Lipinski definition) is 1. The average Bonchev–Trinajstić information content (AvgIpc) is 3.22. The van der Waals surface area contributed by atoms with Crippen LogP contribution in [0.5, 0.6) is 0 Å². The molecule has 2 bridgehead atoms. The van der Waals surface area contributed by atoms with Crippen LogP contribution in [-0.2, 0) is 14.3 Å². The van der Waals surface area contributed by atoms with Crippen LogP contribution in [0.2, 0.25) is 0 Å². The minimum atomic E-state index is -0.265. The van der Waals surface area contributed by atoms with E-state index in [4.69, 9.17) is 4.74 Å². The molecule has 2 saturated carbocycles. The minimum absolute atomic E-state index is 0.0429. The van der Waals surface area contributed by atoms with Crippen LogP contribution in [0.1, 0.15) is 62.7 Å². The van der Waals surface area contributed by atoms with Crippen LogP contribution >= 0.6 is 0 Å². The molecular weight excluding hydrogens is 342 g/mol. The topological polar surface area (TPSA) is 72.5 Å². The monoisotopic (exact) mass is 371 g/mol. The zero-order chi connectivity index (χ0) is 19.4. The Labute approximate surface area is 160 Å². The van der Waals surface area contributed by atoms with E-state index in [1.807, 2.05) is 13.8 Å². The van der Waals surface area contributed by atoms with Gasteiger partial charge in [-0.25, -0.2) is 0 Å². The highest BCUT2D eigenvalue weighted by Crippen LogP contribution is 2.49. The molecule has 0 aromatic heterocycles. The lowest BCUT2D eigenvalue weighted by Gasteiger charge is -2.20. The number of ether oxygens (including phenoxy) is 1. The van der Waals surface area contributed by atoms with E-state index >= 15 is 0 Å². The molecule has 3 rings (SSSR count). The van der Waals surface area contributed by atoms with Crippen LogP contribution in [0.25, 0.3) is 0 Å². The largest absolute Gasteiger partial charge is 0.457 e. The van der Waals surface area contributed by atoms with Crippen LogP contribution in [0.3, 0.4) is 0 Å². The minimum Gasteiger partial charge on any atom is -0.457 e. The summed E-state index contributed by atoms with van der Waals surface area (Å²) in [5.41, 5.74) is 1.13. The number of carbonyl (C=O) groups is 3. The van der Waals surface area contributed by atoms with Gasteiger partial charge >= 0.3 is 5.97 Å². The van der Waals surface area contributed by atoms with Crippen molar-refractivity contribution in [1.29, 1.82) is 0 Å². The highest BCUT2D eigenvalue weighted by molar-refractivity contribution is 5.98. The third-order valence-electron chi connectivity index (χ3n) is 5.76. The Morgan fingerprint density at radius 1 is 1.11 bits per heavy atom. The second kappa shape index (κ2) is 8.68. The van der Waals surface area contributed by atoms with Crippen molar-refractivity contribution >= 4 is 23.3 Å². The molecule has 1 amide bonds. The fraction of sp³-hybridized carbons (Fsp3) is 0.591. The maximum Gasteiger partial charge on any atom is 0.306 e. The van der Waals surface area contributed by atoms with Crippen molar-refractivity contribution in [2.45, 2.75) is 52.4 Å². The van der Waals surface area contributed by atoms with Gasteiger partial charge in [0.25, 0.3) is 0 Å². The van der Waals surface area contributed by atoms with E-state index in [0.29, 0.717) is 41.8 Å². The van der Waals surface area contributed by atoms with Gasteiger partial charge < -0.3 is 10.1 Å². The van der Waals surface area contributed by atoms with Crippen molar-refractivity contribution in [3.05, 3.63) is 29.8 Å². The Kier molecular flexibility index (Phi) is 6.30. The number of benzene rings is 1. The molecular formula is C22H29NO4. The Hall–Kier alpha value is -2.17. The van der Waals surface area contributed by atoms with Gasteiger partial charge in [-0.2, -0.15) is 0 Å². The first-order chi connectivity index (χ1) is 12.9. The molecule has 1 aromatic carbocycles. The Morgan fingerprint density at radius 3 is 2.44 bits per heavy atom. The molecule has 0 spiro atoms. The smallest absolute Gasteiger partial charge is 0.306 e. The molecule has 0 radical (unpaired) electrons. The summed E-state index contributed by atoms with van der Waals surface area (Å²) in [7, 11) is 0. The second-order valence-corrected chi connectivity index (χ2v) is 8.45. The van der Waals surface area contributed by atoms with Crippen molar-refractivity contribution in [3.8, 4) is 0 Å². The Morgan fingerprint density at radius 2 is 1.85 bits per heavy atom. The maximum atomic E-state index is 12.2. The van der Waals surface area contributed by atoms with E-state index in [1.165, 1.54) is 19.3 Å². The van der Waals surface area contributed by atoms with E-state index in [2.05, 4.69) is 5.32 Å². The van der Waals surface area contributed by atoms with Crippen molar-refractivity contribution in [2.75, 3.05) is 11.9 Å². The van der Waals surface area contributed by atoms with Gasteiger partial charge in [-0.1, -0.05) is 20.3 Å². The molecule has 0 aliphatic heterocycles. The van der Waals surface area contributed by atoms with Gasteiger partial charge in [-0.15, -0.1) is 0 Å². The quantitative estimate of drug-likeness (QED) is 0.548. The maximum absolute atomic E-state index is 12.2. The fourth-order valence-electron chi connectivity index (χ4n) is 4.45. The second-order valence-electron chi connectivity index (χ2n) is 8.45. The number of anilines is 1. The summed E-state index contributed by atoms with van der Waals surface area (Å²) >= 11 is 0. The number of nitrogens with one attached hydrogen (secondary N) is 1. The molecule has 146 valence electrons. The summed E-state index contributed by atoms with van der Waals surface area (Å²) in [5, 5.41) is 2.81. The van der Waals surface area contributed by atoms with Gasteiger partial charge in [0.1, 0.15) is 0 Å². The lowest BCUT2D eigenvalue weighted by Crippen LogP contribution is -2.19. The third kappa shape index (κ3) is 5.41. The van der Waals surface area contributed by atoms with Gasteiger partial charge in [0.15, 0.2) is 12.4 Å². The molecule has 27 heavy (non-hydrogen) atoms. The molecule has 2 aliphatic rings. The predicted octanol–water partition coefficient (Wildman–Crippen LogP) is 4.22. The van der Waals surface area contributed by atoms with Crippen LogP contribution in [0, 0.1) is 23.7 Å². The van der Waals surface area contributed by atoms with Crippen LogP contribution in [-0.4, -0.2) is 24.3 Å². The molecule has 2 aliphatic carbocycles. The fourth-order valence-corrected chi connectivity index (χ4v) is 4.45. The molecule has 0 heterocycles. The number of carbonyl (C=O) groups excluding carboxylic acids is 3. The average molecular weight is 371 g/mol. The van der Waals surface area contributed by atoms with Crippen molar-refractivity contribution < 1.29 is 19.1 Å². The highest BCUT2D eigenvalue weighted by atomic mass is 16.5. The van der Waals surface area contributed by atoms with E-state index in [9.17, 15) is 14.4 Å². The zero-order valence-corrected chi connectivity index (χ0v) is 16.2. The summed E-state index contributed by atoms with van der Waals surface area (Å²) < 4.78 is 5.21. The molecule has 2 fully saturated rings. The van der Waals surface area contributed by atoms with Gasteiger partial charge in [0.05, 0.1) is 0 Å². The van der Waals surface area contributed by atoms with Crippen molar-refractivity contribution in [3.63, 3.8) is 0 Å². The SMILES string of the molecule is CC(C)CC(=O)Nc1ccc(C(=O)COC(=O)C[C@H]2C[C@@H]3CC[C@@H]2C3)cc1. The molecule has 0 unspecified atom stereocenters. The predicted molar refractivity (Wildman–Crippen MR) is 103 cm³/mol. The number of amides is 1. The Balaban J connectivity index is 1.42. The van der Waals surface area contributed by atoms with Crippen molar-refractivity contribution in [1.82, 2.24) is 0 Å². The third-order valence-corrected chi connectivity index (χ3v) is 5.76. The van der Waals surface area contributed by atoms with E-state index < -0.39 is 0 Å². The van der Waals surface area contributed by atoms with Crippen LogP contribution in [0.4, 0.5) is 5.69 Å². The summed E-state index contributed by atoms with van der Waals surface area (Å²) in [5.74, 6) is 1.68. The number of Topliss-reactive ketones (excluding diaryl/α,β-unsaturated/α-hetero) is 1. The van der Waals surface area contributed by atoms with E-state index in [1.54, 1.807) is 24.3 Å². The van der Waals surface area contributed by atoms with E-state index in [-0.39, 0.29) is 24.3 Å². The van der Waals surface area contributed by atoms with Gasteiger partial charge in [-0.05, 0) is 67.2 Å². The van der Waals surface area contributed by atoms with Crippen LogP contribution in [0.15, 0.2) is 24.3 Å². The number of ketones is 1. The molecule has 1 N–H and O–H groups in total. The first kappa shape index (κ1) is 19.6. The number of hydrogen-bond acceptors (Lipinski definition) is 4. The van der Waals surface area contributed by atoms with Crippen LogP contribution < -0.4 is 5.32 Å². The first-order valence-corrected chi connectivity index (χ1v) is 9.99. The first-order valence-electron chi connectivity index (χ1n) is 9.99. The molecule has 5 heteroatoms. The van der Waals surface area contributed by atoms with E-state index in [0.717, 1.165) is 12.3 Å². The molecule has 1 aromatic rings. The molecule has 5 nitrogen and oxygen atoms in total. The number of rotatable bonds is 8. The Bertz CT molecular complexity index is 695. The number of fused-ring (bicyclic) bond motifs is 2. The van der Waals surface area contributed by atoms with Crippen molar-refractivity contribution in [2.24, 2.45) is 23.7 Å². The zero-order valence-electron chi connectivity index (χ0n) is 16.2. The van der Waals surface area contributed by atoms with Gasteiger partial charge in [-0.3, -0.25) is 14.4 Å². The standard InChI is InChI=1S/C22H29NO4/c1-14(2)9-21(25)23-19-7-5-16(6-8-19)20(24)13-27-22(26)12-18-11-15-3-4-17(18)10-15/h5-8,14-15,17-18H,3-4,9-13H2,1-2H3,(H,23,25)/t15-,17-,18-/m1/s1. The molecule has 0 saturated heterocycles. The summed E-state index contributed by atoms with van der Waals surface area (Å²) in [6.45, 7) is 3.75. The van der Waals surface area contributed by atoms with Gasteiger partial charge in [0.2, 0.25) is 5.91 Å². The lowest BCUT2D eigenvalue weighted by molar-refractivity contribution is -0.144. The summed E-state index contributed by atoms with van der Waals surface area (Å²) in [4.78, 5) is 36.1.